The van der Waals surface area contributed by atoms with Gasteiger partial charge in [0.2, 0.25) is 23.6 Å². The van der Waals surface area contributed by atoms with Crippen molar-refractivity contribution in [2.75, 3.05) is 24.9 Å². The van der Waals surface area contributed by atoms with Gasteiger partial charge in [0.1, 0.15) is 36.3 Å². The number of anilines is 2. The Hall–Kier alpha value is -4.88. The summed E-state index contributed by atoms with van der Waals surface area (Å²) in [5.74, 6) is -3.30. The maximum absolute atomic E-state index is 13.8. The van der Waals surface area contributed by atoms with Gasteiger partial charge in [-0.05, 0) is 83.4 Å². The van der Waals surface area contributed by atoms with Crippen molar-refractivity contribution in [3.63, 3.8) is 0 Å². The van der Waals surface area contributed by atoms with Crippen LogP contribution in [0.2, 0.25) is 0 Å². The fourth-order valence-electron chi connectivity index (χ4n) is 6.54. The van der Waals surface area contributed by atoms with E-state index in [1.807, 2.05) is 119 Å². The first-order valence-corrected chi connectivity index (χ1v) is 20.5. The van der Waals surface area contributed by atoms with Crippen LogP contribution in [0.3, 0.4) is 0 Å². The molecule has 58 heavy (non-hydrogen) atoms. The Morgan fingerprint density at radius 1 is 0.448 bits per heavy atom. The predicted octanol–water partition coefficient (Wildman–Crippen LogP) is 5.40. The van der Waals surface area contributed by atoms with Gasteiger partial charge in [0.05, 0.1) is 14.2 Å². The van der Waals surface area contributed by atoms with Crippen LogP contribution < -0.4 is 31.9 Å². The Morgan fingerprint density at radius 3 is 1.05 bits per heavy atom. The number of hydrogen-bond donors (Lipinski definition) is 6. The number of nitrogens with one attached hydrogen (secondary N) is 6. The van der Waals surface area contributed by atoms with Crippen molar-refractivity contribution >= 4 is 57.7 Å². The number of amides is 4. The predicted molar refractivity (Wildman–Crippen MR) is 229 cm³/mol. The highest BCUT2D eigenvalue weighted by molar-refractivity contribution is 5.95. The van der Waals surface area contributed by atoms with Crippen LogP contribution in [0.25, 0.3) is 10.8 Å². The minimum absolute atomic E-state index is 0.0817. The average Bonchev–Trinajstić information content (AvgIpc) is 3.14. The van der Waals surface area contributed by atoms with Crippen molar-refractivity contribution in [1.29, 1.82) is 0 Å². The number of fused-ring (bicyclic) bond motifs is 1. The van der Waals surface area contributed by atoms with E-state index >= 15 is 0 Å². The van der Waals surface area contributed by atoms with Crippen LogP contribution in [0.4, 0.5) is 11.4 Å². The number of carbonyl (C=O) groups is 6. The van der Waals surface area contributed by atoms with Crippen molar-refractivity contribution < 1.29 is 38.2 Å². The van der Waals surface area contributed by atoms with Gasteiger partial charge in [0.25, 0.3) is 0 Å². The normalized spacial score (nSPS) is 14.8. The molecular formula is C44H70N6O8. The zero-order chi connectivity index (χ0) is 44.0. The molecule has 0 saturated carbocycles. The highest BCUT2D eigenvalue weighted by Gasteiger charge is 2.34. The lowest BCUT2D eigenvalue weighted by Gasteiger charge is -2.28. The van der Waals surface area contributed by atoms with E-state index in [2.05, 4.69) is 31.9 Å². The van der Waals surface area contributed by atoms with E-state index in [9.17, 15) is 28.8 Å². The number of esters is 2. The molecule has 14 heteroatoms. The van der Waals surface area contributed by atoms with Crippen LogP contribution in [0.1, 0.15) is 95.9 Å². The second-order valence-corrected chi connectivity index (χ2v) is 17.4. The smallest absolute Gasteiger partial charge is 0.328 e. The Kier molecular flexibility index (Phi) is 19.5. The minimum atomic E-state index is -0.871. The molecule has 0 aliphatic carbocycles. The zero-order valence-corrected chi connectivity index (χ0v) is 37.1. The summed E-state index contributed by atoms with van der Waals surface area (Å²) >= 11 is 0. The van der Waals surface area contributed by atoms with E-state index in [4.69, 9.17) is 9.47 Å². The van der Waals surface area contributed by atoms with Gasteiger partial charge in [0.15, 0.2) is 0 Å². The first-order chi connectivity index (χ1) is 27.1. The van der Waals surface area contributed by atoms with Gasteiger partial charge in [-0.15, -0.1) is 0 Å². The fraction of sp³-hybridized carbons (Fsp3) is 0.636. The molecule has 6 atom stereocenters. The van der Waals surface area contributed by atoms with Gasteiger partial charge in [-0.1, -0.05) is 95.2 Å². The molecule has 0 bridgehead atoms. The minimum Gasteiger partial charge on any atom is -0.467 e. The third kappa shape index (κ3) is 14.8. The second kappa shape index (κ2) is 22.9. The van der Waals surface area contributed by atoms with Gasteiger partial charge >= 0.3 is 11.9 Å². The fourth-order valence-corrected chi connectivity index (χ4v) is 6.54. The van der Waals surface area contributed by atoms with Gasteiger partial charge in [-0.25, -0.2) is 9.59 Å². The van der Waals surface area contributed by atoms with Gasteiger partial charge in [-0.2, -0.15) is 0 Å². The Balaban J connectivity index is 2.32. The third-order valence-electron chi connectivity index (χ3n) is 9.90. The number of rotatable bonds is 22. The number of ether oxygens (including phenoxy) is 2. The van der Waals surface area contributed by atoms with Crippen molar-refractivity contribution in [3.05, 3.63) is 36.4 Å². The number of hydrogen-bond acceptors (Lipinski definition) is 10. The van der Waals surface area contributed by atoms with Crippen LogP contribution in [0, 0.1) is 35.5 Å². The molecule has 6 N–H and O–H groups in total. The molecule has 2 rings (SSSR count). The molecule has 0 aromatic heterocycles. The van der Waals surface area contributed by atoms with Crippen LogP contribution in [-0.2, 0) is 38.2 Å². The summed E-state index contributed by atoms with van der Waals surface area (Å²) in [5, 5.41) is 19.9. The molecule has 0 unspecified atom stereocenters. The molecule has 14 nitrogen and oxygen atoms in total. The summed E-state index contributed by atoms with van der Waals surface area (Å²) in [5.41, 5.74) is 1.36. The van der Waals surface area contributed by atoms with Crippen molar-refractivity contribution in [1.82, 2.24) is 21.3 Å². The summed E-state index contributed by atoms with van der Waals surface area (Å²) in [7, 11) is 2.54. The lowest BCUT2D eigenvalue weighted by Crippen LogP contribution is -2.56. The Bertz CT molecular complexity index is 1590. The van der Waals surface area contributed by atoms with E-state index in [0.717, 1.165) is 10.8 Å². The number of carbonyl (C=O) groups excluding carboxylic acids is 6. The third-order valence-corrected chi connectivity index (χ3v) is 9.90. The summed E-state index contributed by atoms with van der Waals surface area (Å²) in [6.45, 7) is 22.7. The maximum atomic E-state index is 13.8. The van der Waals surface area contributed by atoms with Gasteiger partial charge in [-0.3, -0.25) is 19.2 Å². The largest absolute Gasteiger partial charge is 0.467 e. The highest BCUT2D eigenvalue weighted by atomic mass is 16.5. The van der Waals surface area contributed by atoms with E-state index in [1.165, 1.54) is 14.2 Å². The van der Waals surface area contributed by atoms with Crippen molar-refractivity contribution in [3.8, 4) is 0 Å². The summed E-state index contributed by atoms with van der Waals surface area (Å²) in [4.78, 5) is 79.3. The number of methoxy groups -OCH3 is 2. The van der Waals surface area contributed by atoms with Crippen LogP contribution in [-0.4, -0.2) is 86.0 Å². The maximum Gasteiger partial charge on any atom is 0.328 e. The topological polar surface area (TPSA) is 193 Å². The quantitative estimate of drug-likeness (QED) is 0.0839. The van der Waals surface area contributed by atoms with E-state index in [-0.39, 0.29) is 47.3 Å². The van der Waals surface area contributed by atoms with Gasteiger partial charge in [0, 0.05) is 11.4 Å². The Morgan fingerprint density at radius 2 is 0.776 bits per heavy atom. The summed E-state index contributed by atoms with van der Waals surface area (Å²) in [6, 6.07) is 6.64. The molecule has 0 saturated heterocycles. The second-order valence-electron chi connectivity index (χ2n) is 17.4. The highest BCUT2D eigenvalue weighted by Crippen LogP contribution is 2.26. The zero-order valence-electron chi connectivity index (χ0n) is 37.1. The van der Waals surface area contributed by atoms with Gasteiger partial charge < -0.3 is 41.4 Å². The lowest BCUT2D eigenvalue weighted by atomic mass is 9.98. The lowest BCUT2D eigenvalue weighted by molar-refractivity contribution is -0.147. The monoisotopic (exact) mass is 811 g/mol. The molecule has 4 amide bonds. The van der Waals surface area contributed by atoms with Crippen LogP contribution in [0.5, 0.6) is 0 Å². The standard InChI is InChI=1S/C44H70N6O8/c1-23(2)19-33(39(51)49-37(27(9)10)43(55)57-13)47-41(53)35(25(5)6)45-31-17-15-29-16-18-32(22-30(29)21-31)46-36(26(7)8)42(54)48-34(20-24(3)4)40(52)50-38(28(11)12)44(56)58-14/h15-18,21-28,33-38,45-46H,19-20H2,1-14H3,(H,47,53)(H,48,54)(H,49,51)(H,50,52)/t33-,34-,35-,36-,37-,38-/m0/s1. The van der Waals surface area contributed by atoms with E-state index in [0.29, 0.717) is 24.2 Å². The van der Waals surface area contributed by atoms with Crippen molar-refractivity contribution in [2.24, 2.45) is 35.5 Å². The molecule has 2 aromatic carbocycles. The first-order valence-electron chi connectivity index (χ1n) is 20.5. The molecule has 0 radical (unpaired) electrons. The van der Waals surface area contributed by atoms with Crippen LogP contribution in [0.15, 0.2) is 36.4 Å². The SMILES string of the molecule is COC(=O)[C@@H](NC(=O)[C@H](CC(C)C)NC(=O)[C@@H](Nc1ccc2ccc(N[C@H](C(=O)N[C@@H](CC(C)C)C(=O)N[C@H](C(=O)OC)C(C)C)C(C)C)cc2c1)C(C)C)C(C)C. The summed E-state index contributed by atoms with van der Waals surface area (Å²) < 4.78 is 9.78. The van der Waals surface area contributed by atoms with E-state index in [1.54, 1.807) is 0 Å². The molecular weight excluding hydrogens is 741 g/mol. The molecule has 324 valence electrons. The molecule has 2 aromatic rings. The molecule has 0 spiro atoms. The molecule has 0 heterocycles. The van der Waals surface area contributed by atoms with Crippen molar-refractivity contribution in [2.45, 2.75) is 132 Å². The van der Waals surface area contributed by atoms with Crippen LogP contribution >= 0.6 is 0 Å². The first kappa shape index (κ1) is 49.3. The Labute approximate surface area is 345 Å². The summed E-state index contributed by atoms with van der Waals surface area (Å²) in [6.07, 6.45) is 0.740. The number of benzene rings is 2. The van der Waals surface area contributed by atoms with E-state index < -0.39 is 60.0 Å². The molecule has 0 aliphatic rings. The average molecular weight is 811 g/mol. The molecule has 0 fully saturated rings. The molecule has 0 aliphatic heterocycles.